The molecule has 0 heterocycles. The monoisotopic (exact) mass is 461 g/mol. The third kappa shape index (κ3) is 5.94. The predicted molar refractivity (Wildman–Crippen MR) is 114 cm³/mol. The van der Waals surface area contributed by atoms with Crippen LogP contribution in [0.3, 0.4) is 0 Å². The number of hydrogen-bond donors (Lipinski definition) is 3. The Morgan fingerprint density at radius 3 is 2.60 bits per heavy atom. The number of methoxy groups -OCH3 is 1. The van der Waals surface area contributed by atoms with Gasteiger partial charge in [0.2, 0.25) is 0 Å². The Balaban J connectivity index is 0.00000312. The van der Waals surface area contributed by atoms with E-state index in [1.807, 2.05) is 12.1 Å². The highest BCUT2D eigenvalue weighted by atomic mass is 127. The number of phenolic OH excluding ortho intramolecular Hbond substituents is 1. The standard InChI is InChI=1S/C19H31N3O2.HI/c1-4-19(11-7-12-19)14-22-18(20-5-2)21-13-10-15-8-6-9-16(24-3)17(15)23;/h6,8-9,23H,4-5,7,10-14H2,1-3H3,(H2,20,21,22);1H. The number of aliphatic imine (C=N–C) groups is 1. The number of guanidine groups is 1. The van der Waals surface area contributed by atoms with E-state index in [0.29, 0.717) is 24.1 Å². The molecular formula is C19H32IN3O2. The van der Waals surface area contributed by atoms with Gasteiger partial charge in [-0.1, -0.05) is 25.5 Å². The third-order valence-electron chi connectivity index (χ3n) is 5.07. The molecule has 1 saturated carbocycles. The van der Waals surface area contributed by atoms with E-state index in [9.17, 15) is 5.11 Å². The molecule has 6 heteroatoms. The largest absolute Gasteiger partial charge is 0.504 e. The first-order chi connectivity index (χ1) is 11.6. The number of rotatable bonds is 8. The highest BCUT2D eigenvalue weighted by Gasteiger charge is 2.34. The molecule has 25 heavy (non-hydrogen) atoms. The molecule has 1 aliphatic carbocycles. The number of phenols is 1. The van der Waals surface area contributed by atoms with Gasteiger partial charge in [0.1, 0.15) is 0 Å². The quantitative estimate of drug-likeness (QED) is 0.314. The van der Waals surface area contributed by atoms with Crippen molar-refractivity contribution in [3.63, 3.8) is 0 Å². The molecule has 0 atom stereocenters. The Labute approximate surface area is 168 Å². The molecule has 0 saturated heterocycles. The lowest BCUT2D eigenvalue weighted by Gasteiger charge is -2.40. The zero-order valence-corrected chi connectivity index (χ0v) is 17.9. The Bertz CT molecular complexity index is 554. The van der Waals surface area contributed by atoms with Crippen molar-refractivity contribution < 1.29 is 9.84 Å². The van der Waals surface area contributed by atoms with Gasteiger partial charge in [0, 0.05) is 19.6 Å². The highest BCUT2D eigenvalue weighted by Crippen LogP contribution is 2.43. The number of benzene rings is 1. The summed E-state index contributed by atoms with van der Waals surface area (Å²) in [4.78, 5) is 4.77. The molecule has 142 valence electrons. The first-order valence-corrected chi connectivity index (χ1v) is 9.01. The second kappa shape index (κ2) is 10.7. The molecule has 2 rings (SSSR count). The SMILES string of the molecule is CCNC(=NCC1(CC)CCC1)NCCc1cccc(OC)c1O.I. The smallest absolute Gasteiger partial charge is 0.191 e. The molecular weight excluding hydrogens is 429 g/mol. The van der Waals surface area contributed by atoms with Crippen LogP contribution < -0.4 is 15.4 Å². The maximum atomic E-state index is 10.1. The number of ether oxygens (including phenoxy) is 1. The van der Waals surface area contributed by atoms with Gasteiger partial charge in [-0.2, -0.15) is 0 Å². The molecule has 0 aliphatic heterocycles. The van der Waals surface area contributed by atoms with E-state index >= 15 is 0 Å². The van der Waals surface area contributed by atoms with Crippen molar-refractivity contribution in [1.29, 1.82) is 0 Å². The summed E-state index contributed by atoms with van der Waals surface area (Å²) in [6.45, 7) is 6.79. The van der Waals surface area contributed by atoms with Gasteiger partial charge in [-0.15, -0.1) is 24.0 Å². The normalized spacial score (nSPS) is 15.7. The molecule has 0 spiro atoms. The minimum Gasteiger partial charge on any atom is -0.504 e. The van der Waals surface area contributed by atoms with Gasteiger partial charge in [0.05, 0.1) is 7.11 Å². The van der Waals surface area contributed by atoms with Crippen LogP contribution in [0.25, 0.3) is 0 Å². The van der Waals surface area contributed by atoms with Crippen LogP contribution in [0, 0.1) is 5.41 Å². The summed E-state index contributed by atoms with van der Waals surface area (Å²) in [7, 11) is 1.57. The summed E-state index contributed by atoms with van der Waals surface area (Å²) in [5.41, 5.74) is 1.30. The summed E-state index contributed by atoms with van der Waals surface area (Å²) < 4.78 is 5.15. The molecule has 5 nitrogen and oxygen atoms in total. The maximum absolute atomic E-state index is 10.1. The summed E-state index contributed by atoms with van der Waals surface area (Å²) in [6.07, 6.45) is 5.84. The molecule has 1 aliphatic rings. The van der Waals surface area contributed by atoms with E-state index < -0.39 is 0 Å². The predicted octanol–water partition coefficient (Wildman–Crippen LogP) is 3.70. The molecule has 0 aromatic heterocycles. The van der Waals surface area contributed by atoms with E-state index in [1.54, 1.807) is 13.2 Å². The van der Waals surface area contributed by atoms with Crippen LogP contribution in [-0.4, -0.2) is 37.8 Å². The Morgan fingerprint density at radius 1 is 1.28 bits per heavy atom. The van der Waals surface area contributed by atoms with Crippen LogP contribution in [0.5, 0.6) is 11.5 Å². The lowest BCUT2D eigenvalue weighted by Crippen LogP contribution is -2.40. The van der Waals surface area contributed by atoms with Gasteiger partial charge in [-0.3, -0.25) is 4.99 Å². The summed E-state index contributed by atoms with van der Waals surface area (Å²) in [5, 5.41) is 16.8. The van der Waals surface area contributed by atoms with Crippen LogP contribution in [0.4, 0.5) is 0 Å². The van der Waals surface area contributed by atoms with Crippen molar-refractivity contribution in [3.8, 4) is 11.5 Å². The second-order valence-corrected chi connectivity index (χ2v) is 6.55. The zero-order valence-electron chi connectivity index (χ0n) is 15.6. The Hall–Kier alpha value is -1.18. The number of aromatic hydroxyl groups is 1. The van der Waals surface area contributed by atoms with Crippen molar-refractivity contribution in [2.45, 2.75) is 46.0 Å². The third-order valence-corrected chi connectivity index (χ3v) is 5.07. The van der Waals surface area contributed by atoms with Crippen LogP contribution in [0.15, 0.2) is 23.2 Å². The van der Waals surface area contributed by atoms with Crippen LogP contribution >= 0.6 is 24.0 Å². The number of nitrogens with zero attached hydrogens (tertiary/aromatic N) is 1. The van der Waals surface area contributed by atoms with Gasteiger partial charge < -0.3 is 20.5 Å². The lowest BCUT2D eigenvalue weighted by atomic mass is 9.67. The fourth-order valence-electron chi connectivity index (χ4n) is 3.14. The maximum Gasteiger partial charge on any atom is 0.191 e. The average molecular weight is 461 g/mol. The van der Waals surface area contributed by atoms with Crippen molar-refractivity contribution in [2.75, 3.05) is 26.7 Å². The molecule has 0 bridgehead atoms. The molecule has 1 aromatic rings. The van der Waals surface area contributed by atoms with E-state index in [1.165, 1.54) is 25.7 Å². The van der Waals surface area contributed by atoms with Gasteiger partial charge in [-0.25, -0.2) is 0 Å². The van der Waals surface area contributed by atoms with E-state index in [-0.39, 0.29) is 29.7 Å². The summed E-state index contributed by atoms with van der Waals surface area (Å²) >= 11 is 0. The Morgan fingerprint density at radius 2 is 2.04 bits per heavy atom. The number of halogens is 1. The zero-order chi connectivity index (χ0) is 17.4. The van der Waals surface area contributed by atoms with Crippen LogP contribution in [-0.2, 0) is 6.42 Å². The molecule has 1 fully saturated rings. The van der Waals surface area contributed by atoms with Crippen molar-refractivity contribution in [1.82, 2.24) is 10.6 Å². The number of para-hydroxylation sites is 1. The van der Waals surface area contributed by atoms with Gasteiger partial charge in [-0.05, 0) is 49.7 Å². The van der Waals surface area contributed by atoms with Crippen molar-refractivity contribution >= 4 is 29.9 Å². The van der Waals surface area contributed by atoms with Crippen molar-refractivity contribution in [2.24, 2.45) is 10.4 Å². The molecule has 0 radical (unpaired) electrons. The first-order valence-electron chi connectivity index (χ1n) is 9.01. The fraction of sp³-hybridized carbons (Fsp3) is 0.632. The average Bonchev–Trinajstić information content (AvgIpc) is 2.55. The van der Waals surface area contributed by atoms with Gasteiger partial charge in [0.15, 0.2) is 17.5 Å². The minimum absolute atomic E-state index is 0. The summed E-state index contributed by atoms with van der Waals surface area (Å²) in [5.74, 6) is 1.60. The topological polar surface area (TPSA) is 65.9 Å². The van der Waals surface area contributed by atoms with E-state index in [0.717, 1.165) is 24.6 Å². The number of nitrogens with one attached hydrogen (secondary N) is 2. The van der Waals surface area contributed by atoms with Crippen LogP contribution in [0.2, 0.25) is 0 Å². The summed E-state index contributed by atoms with van der Waals surface area (Å²) in [6, 6.07) is 5.58. The molecule has 0 amide bonds. The van der Waals surface area contributed by atoms with Crippen molar-refractivity contribution in [3.05, 3.63) is 23.8 Å². The highest BCUT2D eigenvalue weighted by molar-refractivity contribution is 14.0. The van der Waals surface area contributed by atoms with Gasteiger partial charge >= 0.3 is 0 Å². The fourth-order valence-corrected chi connectivity index (χ4v) is 3.14. The van der Waals surface area contributed by atoms with Gasteiger partial charge in [0.25, 0.3) is 0 Å². The first kappa shape index (κ1) is 21.9. The van der Waals surface area contributed by atoms with E-state index in [4.69, 9.17) is 9.73 Å². The molecule has 1 aromatic carbocycles. The second-order valence-electron chi connectivity index (χ2n) is 6.55. The van der Waals surface area contributed by atoms with E-state index in [2.05, 4.69) is 24.5 Å². The minimum atomic E-state index is 0. The molecule has 0 unspecified atom stereocenters. The lowest BCUT2D eigenvalue weighted by molar-refractivity contribution is 0.139. The number of hydrogen-bond acceptors (Lipinski definition) is 3. The van der Waals surface area contributed by atoms with Crippen LogP contribution in [0.1, 0.15) is 45.1 Å². The molecule has 3 N–H and O–H groups in total. The Kier molecular flexibility index (Phi) is 9.38.